The van der Waals surface area contributed by atoms with E-state index in [0.717, 1.165) is 11.4 Å². The molecule has 0 atom stereocenters. The third-order valence-corrected chi connectivity index (χ3v) is 4.48. The molecule has 138 valence electrons. The van der Waals surface area contributed by atoms with Crippen LogP contribution in [0.1, 0.15) is 16.2 Å². The fraction of sp³-hybridized carbons (Fsp3) is 0.263. The zero-order valence-corrected chi connectivity index (χ0v) is 14.8. The Kier molecular flexibility index (Phi) is 4.53. The Morgan fingerprint density at radius 1 is 1.15 bits per heavy atom. The standard InChI is InChI=1S/C19H18FN5O2/c1-13-22-18(27-23-13)15-5-6-17(21-12-15)24-7-9-25(10-8-24)19(26)14-3-2-4-16(20)11-14/h2-6,11-12H,7-10H2,1H3. The number of hydrogen-bond acceptors (Lipinski definition) is 6. The number of aromatic nitrogens is 3. The van der Waals surface area contributed by atoms with Crippen LogP contribution < -0.4 is 4.90 Å². The van der Waals surface area contributed by atoms with Gasteiger partial charge in [-0.3, -0.25) is 4.79 Å². The van der Waals surface area contributed by atoms with E-state index in [4.69, 9.17) is 4.52 Å². The second-order valence-corrected chi connectivity index (χ2v) is 6.34. The van der Waals surface area contributed by atoms with Crippen molar-refractivity contribution in [3.63, 3.8) is 0 Å². The van der Waals surface area contributed by atoms with E-state index >= 15 is 0 Å². The van der Waals surface area contributed by atoms with Gasteiger partial charge in [-0.05, 0) is 37.3 Å². The Bertz CT molecular complexity index is 949. The number of hydrogen-bond donors (Lipinski definition) is 0. The van der Waals surface area contributed by atoms with Crippen LogP contribution in [0.3, 0.4) is 0 Å². The molecular formula is C19H18FN5O2. The molecule has 1 aromatic carbocycles. The molecule has 0 spiro atoms. The van der Waals surface area contributed by atoms with E-state index in [1.807, 2.05) is 12.1 Å². The van der Waals surface area contributed by atoms with Crippen molar-refractivity contribution in [1.82, 2.24) is 20.0 Å². The number of piperazine rings is 1. The van der Waals surface area contributed by atoms with Gasteiger partial charge in [0, 0.05) is 37.9 Å². The van der Waals surface area contributed by atoms with Gasteiger partial charge in [-0.2, -0.15) is 4.98 Å². The van der Waals surface area contributed by atoms with Crippen LogP contribution in [0.5, 0.6) is 0 Å². The van der Waals surface area contributed by atoms with Crippen LogP contribution in [0.4, 0.5) is 10.2 Å². The molecule has 0 saturated carbocycles. The summed E-state index contributed by atoms with van der Waals surface area (Å²) >= 11 is 0. The number of benzene rings is 1. The SMILES string of the molecule is Cc1noc(-c2ccc(N3CCN(C(=O)c4cccc(F)c4)CC3)nc2)n1. The number of rotatable bonds is 3. The van der Waals surface area contributed by atoms with Crippen LogP contribution in [-0.4, -0.2) is 52.1 Å². The predicted molar refractivity (Wildman–Crippen MR) is 96.8 cm³/mol. The highest BCUT2D eigenvalue weighted by Crippen LogP contribution is 2.20. The molecule has 1 amide bonds. The van der Waals surface area contributed by atoms with Gasteiger partial charge in [-0.15, -0.1) is 0 Å². The van der Waals surface area contributed by atoms with Gasteiger partial charge in [0.15, 0.2) is 5.82 Å². The van der Waals surface area contributed by atoms with Crippen LogP contribution in [0.15, 0.2) is 47.1 Å². The molecule has 0 aliphatic carbocycles. The van der Waals surface area contributed by atoms with Crippen LogP contribution in [0.25, 0.3) is 11.5 Å². The number of nitrogens with zero attached hydrogens (tertiary/aromatic N) is 5. The van der Waals surface area contributed by atoms with Gasteiger partial charge in [-0.1, -0.05) is 11.2 Å². The molecule has 1 aliphatic heterocycles. The van der Waals surface area contributed by atoms with Gasteiger partial charge in [0.25, 0.3) is 11.8 Å². The first-order chi connectivity index (χ1) is 13.1. The van der Waals surface area contributed by atoms with Gasteiger partial charge in [0.1, 0.15) is 11.6 Å². The Morgan fingerprint density at radius 3 is 2.59 bits per heavy atom. The number of halogens is 1. The molecular weight excluding hydrogens is 349 g/mol. The quantitative estimate of drug-likeness (QED) is 0.708. The lowest BCUT2D eigenvalue weighted by atomic mass is 10.1. The van der Waals surface area contributed by atoms with Gasteiger partial charge < -0.3 is 14.3 Å². The largest absolute Gasteiger partial charge is 0.353 e. The molecule has 4 rings (SSSR count). The summed E-state index contributed by atoms with van der Waals surface area (Å²) in [4.78, 5) is 25.0. The molecule has 8 heteroatoms. The van der Waals surface area contributed by atoms with E-state index in [1.165, 1.54) is 12.1 Å². The average molecular weight is 367 g/mol. The molecule has 7 nitrogen and oxygen atoms in total. The normalized spacial score (nSPS) is 14.4. The topological polar surface area (TPSA) is 75.4 Å². The summed E-state index contributed by atoms with van der Waals surface area (Å²) in [7, 11) is 0. The number of pyridine rings is 1. The molecule has 0 bridgehead atoms. The van der Waals surface area contributed by atoms with Crippen LogP contribution in [0.2, 0.25) is 0 Å². The number of anilines is 1. The number of carbonyl (C=O) groups is 1. The highest BCUT2D eigenvalue weighted by Gasteiger charge is 2.23. The van der Waals surface area contributed by atoms with Crippen LogP contribution in [0, 0.1) is 12.7 Å². The molecule has 1 saturated heterocycles. The van der Waals surface area contributed by atoms with E-state index in [1.54, 1.807) is 30.2 Å². The van der Waals surface area contributed by atoms with Crippen molar-refractivity contribution < 1.29 is 13.7 Å². The van der Waals surface area contributed by atoms with E-state index in [0.29, 0.717) is 43.5 Å². The lowest BCUT2D eigenvalue weighted by Crippen LogP contribution is -2.49. The maximum absolute atomic E-state index is 13.3. The van der Waals surface area contributed by atoms with Gasteiger partial charge >= 0.3 is 0 Å². The molecule has 0 radical (unpaired) electrons. The smallest absolute Gasteiger partial charge is 0.259 e. The van der Waals surface area contributed by atoms with Gasteiger partial charge in [-0.25, -0.2) is 9.37 Å². The fourth-order valence-corrected chi connectivity index (χ4v) is 3.06. The molecule has 27 heavy (non-hydrogen) atoms. The molecule has 1 aliphatic rings. The van der Waals surface area contributed by atoms with Crippen LogP contribution in [-0.2, 0) is 0 Å². The summed E-state index contributed by atoms with van der Waals surface area (Å²) in [6.45, 7) is 4.20. The Hall–Kier alpha value is -3.29. The van der Waals surface area contributed by atoms with E-state index in [9.17, 15) is 9.18 Å². The number of aryl methyl sites for hydroxylation is 1. The number of carbonyl (C=O) groups excluding carboxylic acids is 1. The summed E-state index contributed by atoms with van der Waals surface area (Å²) in [5.41, 5.74) is 1.14. The van der Waals surface area contributed by atoms with Crippen molar-refractivity contribution in [2.75, 3.05) is 31.1 Å². The van der Waals surface area contributed by atoms with E-state index < -0.39 is 5.82 Å². The highest BCUT2D eigenvalue weighted by molar-refractivity contribution is 5.94. The summed E-state index contributed by atoms with van der Waals surface area (Å²) in [5, 5.41) is 3.78. The molecule has 0 unspecified atom stereocenters. The zero-order chi connectivity index (χ0) is 18.8. The zero-order valence-electron chi connectivity index (χ0n) is 14.8. The van der Waals surface area contributed by atoms with Crippen molar-refractivity contribution in [3.8, 4) is 11.5 Å². The predicted octanol–water partition coefficient (Wildman–Crippen LogP) is 2.54. The number of amides is 1. The lowest BCUT2D eigenvalue weighted by Gasteiger charge is -2.35. The van der Waals surface area contributed by atoms with Crippen molar-refractivity contribution >= 4 is 11.7 Å². The monoisotopic (exact) mass is 367 g/mol. The van der Waals surface area contributed by atoms with Gasteiger partial charge in [0.05, 0.1) is 5.56 Å². The Balaban J connectivity index is 1.39. The minimum Gasteiger partial charge on any atom is -0.353 e. The van der Waals surface area contributed by atoms with Gasteiger partial charge in [0.2, 0.25) is 0 Å². The first-order valence-corrected chi connectivity index (χ1v) is 8.67. The second-order valence-electron chi connectivity index (χ2n) is 6.34. The van der Waals surface area contributed by atoms with E-state index in [-0.39, 0.29) is 5.91 Å². The van der Waals surface area contributed by atoms with Crippen molar-refractivity contribution in [2.24, 2.45) is 0 Å². The third kappa shape index (κ3) is 3.64. The summed E-state index contributed by atoms with van der Waals surface area (Å²) in [5.74, 6) is 1.29. The Morgan fingerprint density at radius 2 is 1.96 bits per heavy atom. The summed E-state index contributed by atoms with van der Waals surface area (Å²) in [6.07, 6.45) is 1.70. The second kappa shape index (κ2) is 7.14. The molecule has 1 fully saturated rings. The Labute approximate surface area is 155 Å². The first kappa shape index (κ1) is 17.1. The van der Waals surface area contributed by atoms with Crippen molar-refractivity contribution in [2.45, 2.75) is 6.92 Å². The molecule has 3 heterocycles. The molecule has 2 aromatic heterocycles. The maximum atomic E-state index is 13.3. The molecule has 0 N–H and O–H groups in total. The first-order valence-electron chi connectivity index (χ1n) is 8.67. The van der Waals surface area contributed by atoms with Crippen LogP contribution >= 0.6 is 0 Å². The van der Waals surface area contributed by atoms with E-state index in [2.05, 4.69) is 20.0 Å². The summed E-state index contributed by atoms with van der Waals surface area (Å²) in [6, 6.07) is 9.58. The molecule has 3 aromatic rings. The minimum atomic E-state index is -0.403. The lowest BCUT2D eigenvalue weighted by molar-refractivity contribution is 0.0746. The fourth-order valence-electron chi connectivity index (χ4n) is 3.06. The average Bonchev–Trinajstić information content (AvgIpc) is 3.14. The summed E-state index contributed by atoms with van der Waals surface area (Å²) < 4.78 is 18.5. The van der Waals surface area contributed by atoms with Crippen molar-refractivity contribution in [1.29, 1.82) is 0 Å². The third-order valence-electron chi connectivity index (χ3n) is 4.48. The van der Waals surface area contributed by atoms with Crippen molar-refractivity contribution in [3.05, 3.63) is 59.8 Å². The minimum absolute atomic E-state index is 0.149. The maximum Gasteiger partial charge on any atom is 0.259 e. The highest BCUT2D eigenvalue weighted by atomic mass is 19.1.